The zero-order valence-corrected chi connectivity index (χ0v) is 16.3. The maximum atomic E-state index is 13.1. The number of hydrogen-bond acceptors (Lipinski definition) is 4. The Morgan fingerprint density at radius 1 is 1.12 bits per heavy atom. The van der Waals surface area contributed by atoms with Crippen LogP contribution in [0.5, 0.6) is 0 Å². The fraction of sp³-hybridized carbons (Fsp3) is 0.667. The van der Waals surface area contributed by atoms with Gasteiger partial charge in [0.1, 0.15) is 0 Å². The van der Waals surface area contributed by atoms with Gasteiger partial charge in [0.25, 0.3) is 0 Å². The van der Waals surface area contributed by atoms with Crippen LogP contribution >= 0.6 is 0 Å². The quantitative estimate of drug-likeness (QED) is 0.878. The summed E-state index contributed by atoms with van der Waals surface area (Å²) in [5.41, 5.74) is 2.49. The smallest absolute Gasteiger partial charge is 0.243 e. The normalized spacial score (nSPS) is 19.0. The van der Waals surface area contributed by atoms with Crippen LogP contribution in [-0.2, 0) is 10.0 Å². The fourth-order valence-electron chi connectivity index (χ4n) is 3.94. The second-order valence-corrected chi connectivity index (χ2v) is 9.40. The van der Waals surface area contributed by atoms with Crippen molar-refractivity contribution >= 4 is 10.0 Å². The highest BCUT2D eigenvalue weighted by atomic mass is 32.2. The van der Waals surface area contributed by atoms with E-state index in [0.717, 1.165) is 23.2 Å². The number of rotatable bonds is 5. The van der Waals surface area contributed by atoms with Crippen molar-refractivity contribution in [1.29, 1.82) is 0 Å². The predicted octanol–water partition coefficient (Wildman–Crippen LogP) is 1.94. The van der Waals surface area contributed by atoms with Gasteiger partial charge in [-0.1, -0.05) is 17.7 Å². The highest BCUT2D eigenvalue weighted by Crippen LogP contribution is 2.35. The zero-order chi connectivity index (χ0) is 18.1. The number of aliphatic hydroxyl groups excluding tert-OH is 1. The molecule has 1 heterocycles. The molecular formula is C18H30N2O3S. The lowest BCUT2D eigenvalue weighted by molar-refractivity contribution is 0.0442. The standard InChI is InChI=1S/C18H30N2O3S/c1-14-10-15(2)17(16(3)11-14)24(22,23)20-8-6-18(13-21,7-9-20)12-19(4)5/h10-11,21H,6-9,12-13H2,1-5H3. The molecule has 0 aromatic heterocycles. The Kier molecular flexibility index (Phi) is 5.75. The highest BCUT2D eigenvalue weighted by molar-refractivity contribution is 7.89. The number of aliphatic hydroxyl groups is 1. The molecule has 6 heteroatoms. The maximum absolute atomic E-state index is 13.1. The number of sulfonamides is 1. The lowest BCUT2D eigenvalue weighted by atomic mass is 9.79. The first-order valence-electron chi connectivity index (χ1n) is 8.45. The summed E-state index contributed by atoms with van der Waals surface area (Å²) in [6.07, 6.45) is 1.37. The molecule has 0 aliphatic carbocycles. The van der Waals surface area contributed by atoms with Gasteiger partial charge >= 0.3 is 0 Å². The summed E-state index contributed by atoms with van der Waals surface area (Å²) in [7, 11) is 0.482. The van der Waals surface area contributed by atoms with Gasteiger partial charge in [-0.15, -0.1) is 0 Å². The van der Waals surface area contributed by atoms with Crippen molar-refractivity contribution < 1.29 is 13.5 Å². The molecule has 0 spiro atoms. The Hall–Kier alpha value is -0.950. The van der Waals surface area contributed by atoms with Crippen molar-refractivity contribution in [2.24, 2.45) is 5.41 Å². The van der Waals surface area contributed by atoms with E-state index in [2.05, 4.69) is 4.90 Å². The van der Waals surface area contributed by atoms with Crippen LogP contribution in [0.4, 0.5) is 0 Å². The number of nitrogens with zero attached hydrogens (tertiary/aromatic N) is 2. The number of hydrogen-bond donors (Lipinski definition) is 1. The molecule has 0 radical (unpaired) electrons. The molecule has 24 heavy (non-hydrogen) atoms. The van der Waals surface area contributed by atoms with E-state index in [4.69, 9.17) is 0 Å². The Morgan fingerprint density at radius 2 is 1.62 bits per heavy atom. The average molecular weight is 355 g/mol. The van der Waals surface area contributed by atoms with Crippen molar-refractivity contribution in [1.82, 2.24) is 9.21 Å². The third kappa shape index (κ3) is 3.82. The lowest BCUT2D eigenvalue weighted by Crippen LogP contribution is -2.48. The van der Waals surface area contributed by atoms with Crippen molar-refractivity contribution in [2.45, 2.75) is 38.5 Å². The number of benzene rings is 1. The number of aryl methyl sites for hydroxylation is 3. The second-order valence-electron chi connectivity index (χ2n) is 7.53. The molecule has 0 amide bonds. The van der Waals surface area contributed by atoms with Crippen LogP contribution < -0.4 is 0 Å². The van der Waals surface area contributed by atoms with Gasteiger partial charge in [-0.05, 0) is 58.8 Å². The van der Waals surface area contributed by atoms with Gasteiger partial charge in [0.2, 0.25) is 10.0 Å². The van der Waals surface area contributed by atoms with E-state index in [0.29, 0.717) is 30.8 Å². The molecule has 0 saturated carbocycles. The molecule has 0 atom stereocenters. The van der Waals surface area contributed by atoms with Gasteiger partial charge in [0.15, 0.2) is 0 Å². The second kappa shape index (κ2) is 7.12. The van der Waals surface area contributed by atoms with Crippen LogP contribution in [0.3, 0.4) is 0 Å². The zero-order valence-electron chi connectivity index (χ0n) is 15.5. The Labute approximate surface area is 146 Å². The minimum absolute atomic E-state index is 0.0989. The van der Waals surface area contributed by atoms with Crippen LogP contribution in [0.15, 0.2) is 17.0 Å². The van der Waals surface area contributed by atoms with E-state index >= 15 is 0 Å². The molecule has 1 aliphatic rings. The summed E-state index contributed by atoms with van der Waals surface area (Å²) in [5.74, 6) is 0. The topological polar surface area (TPSA) is 60.9 Å². The van der Waals surface area contributed by atoms with E-state index in [1.807, 2.05) is 47.0 Å². The summed E-state index contributed by atoms with van der Waals surface area (Å²) in [6, 6.07) is 3.85. The minimum atomic E-state index is -3.49. The summed E-state index contributed by atoms with van der Waals surface area (Å²) < 4.78 is 27.8. The van der Waals surface area contributed by atoms with Crippen LogP contribution in [0.1, 0.15) is 29.5 Å². The fourth-order valence-corrected chi connectivity index (χ4v) is 5.79. The van der Waals surface area contributed by atoms with Gasteiger partial charge in [-0.3, -0.25) is 0 Å². The van der Waals surface area contributed by atoms with E-state index < -0.39 is 10.0 Å². The Morgan fingerprint density at radius 3 is 2.04 bits per heavy atom. The molecule has 1 aromatic carbocycles. The molecule has 2 rings (SSSR count). The molecule has 0 unspecified atom stereocenters. The van der Waals surface area contributed by atoms with Crippen molar-refractivity contribution in [3.8, 4) is 0 Å². The molecule has 1 N–H and O–H groups in total. The molecule has 1 aliphatic heterocycles. The van der Waals surface area contributed by atoms with Gasteiger partial charge in [0, 0.05) is 25.0 Å². The maximum Gasteiger partial charge on any atom is 0.243 e. The van der Waals surface area contributed by atoms with E-state index in [1.165, 1.54) is 0 Å². The molecule has 5 nitrogen and oxygen atoms in total. The van der Waals surface area contributed by atoms with Crippen molar-refractivity contribution in [3.05, 3.63) is 28.8 Å². The van der Waals surface area contributed by atoms with E-state index in [9.17, 15) is 13.5 Å². The van der Waals surface area contributed by atoms with Gasteiger partial charge in [-0.25, -0.2) is 8.42 Å². The van der Waals surface area contributed by atoms with Crippen LogP contribution in [0, 0.1) is 26.2 Å². The SMILES string of the molecule is Cc1cc(C)c(S(=O)(=O)N2CCC(CO)(CN(C)C)CC2)c(C)c1. The molecule has 0 bridgehead atoms. The first-order valence-corrected chi connectivity index (χ1v) is 9.89. The first-order chi connectivity index (χ1) is 11.1. The summed E-state index contributed by atoms with van der Waals surface area (Å²) >= 11 is 0. The largest absolute Gasteiger partial charge is 0.396 e. The predicted molar refractivity (Wildman–Crippen MR) is 96.7 cm³/mol. The molecule has 1 fully saturated rings. The monoisotopic (exact) mass is 354 g/mol. The average Bonchev–Trinajstić information content (AvgIpc) is 2.45. The Balaban J connectivity index is 2.25. The van der Waals surface area contributed by atoms with Gasteiger partial charge in [0.05, 0.1) is 11.5 Å². The van der Waals surface area contributed by atoms with E-state index in [-0.39, 0.29) is 12.0 Å². The summed E-state index contributed by atoms with van der Waals surface area (Å²) in [4.78, 5) is 2.51. The van der Waals surface area contributed by atoms with Crippen molar-refractivity contribution in [2.75, 3.05) is 40.3 Å². The van der Waals surface area contributed by atoms with Crippen molar-refractivity contribution in [3.63, 3.8) is 0 Å². The molecule has 1 saturated heterocycles. The Bertz CT molecular complexity index is 667. The first kappa shape index (κ1) is 19.4. The lowest BCUT2D eigenvalue weighted by Gasteiger charge is -2.41. The molecular weight excluding hydrogens is 324 g/mol. The van der Waals surface area contributed by atoms with E-state index in [1.54, 1.807) is 4.31 Å². The van der Waals surface area contributed by atoms with Crippen LogP contribution in [-0.4, -0.2) is 63.1 Å². The van der Waals surface area contributed by atoms with Crippen LogP contribution in [0.2, 0.25) is 0 Å². The minimum Gasteiger partial charge on any atom is -0.396 e. The van der Waals surface area contributed by atoms with Gasteiger partial charge < -0.3 is 10.0 Å². The molecule has 136 valence electrons. The van der Waals surface area contributed by atoms with Crippen LogP contribution in [0.25, 0.3) is 0 Å². The summed E-state index contributed by atoms with van der Waals surface area (Å²) in [6.45, 7) is 7.50. The third-order valence-corrected chi connectivity index (χ3v) is 7.18. The molecule has 1 aromatic rings. The number of piperidine rings is 1. The van der Waals surface area contributed by atoms with Gasteiger partial charge in [-0.2, -0.15) is 4.31 Å². The third-order valence-electron chi connectivity index (χ3n) is 4.97. The highest BCUT2D eigenvalue weighted by Gasteiger charge is 2.39. The summed E-state index contributed by atoms with van der Waals surface area (Å²) in [5, 5.41) is 9.82.